The second-order valence-corrected chi connectivity index (χ2v) is 9.07. The Morgan fingerprint density at radius 3 is 2.21 bits per heavy atom. The fourth-order valence-electron chi connectivity index (χ4n) is 4.12. The summed E-state index contributed by atoms with van der Waals surface area (Å²) in [6, 6.07) is 14.3. The number of rotatable bonds is 11. The molecule has 0 radical (unpaired) electrons. The minimum atomic E-state index is -0.0661. The highest BCUT2D eigenvalue weighted by atomic mass is 16.5. The zero-order chi connectivity index (χ0) is 24.7. The summed E-state index contributed by atoms with van der Waals surface area (Å²) >= 11 is 0. The van der Waals surface area contributed by atoms with E-state index in [1.165, 1.54) is 18.2 Å². The van der Waals surface area contributed by atoms with Gasteiger partial charge in [-0.2, -0.15) is 0 Å². The van der Waals surface area contributed by atoms with Crippen molar-refractivity contribution in [3.05, 3.63) is 65.2 Å². The van der Waals surface area contributed by atoms with Crippen LogP contribution in [-0.4, -0.2) is 28.5 Å². The molecule has 0 saturated heterocycles. The Balaban J connectivity index is 1.89. The van der Waals surface area contributed by atoms with Crippen LogP contribution in [0, 0.1) is 6.92 Å². The van der Waals surface area contributed by atoms with E-state index in [4.69, 9.17) is 9.47 Å². The van der Waals surface area contributed by atoms with Crippen molar-refractivity contribution in [1.29, 1.82) is 0 Å². The highest BCUT2D eigenvalue weighted by Crippen LogP contribution is 2.43. The molecule has 0 amide bonds. The van der Waals surface area contributed by atoms with Gasteiger partial charge in [0, 0.05) is 18.2 Å². The molecule has 3 aromatic rings. The average Bonchev–Trinajstić information content (AvgIpc) is 2.76. The van der Waals surface area contributed by atoms with E-state index in [2.05, 4.69) is 39.0 Å². The van der Waals surface area contributed by atoms with E-state index in [-0.39, 0.29) is 36.4 Å². The van der Waals surface area contributed by atoms with Crippen LogP contribution in [0.1, 0.15) is 62.6 Å². The second kappa shape index (κ2) is 11.7. The lowest BCUT2D eigenvalue weighted by Gasteiger charge is -2.20. The lowest BCUT2D eigenvalue weighted by molar-refractivity contribution is 0.216. The van der Waals surface area contributed by atoms with Crippen molar-refractivity contribution in [2.45, 2.75) is 59.3 Å². The van der Waals surface area contributed by atoms with Gasteiger partial charge in [-0.1, -0.05) is 57.4 Å². The highest BCUT2D eigenvalue weighted by molar-refractivity contribution is 5.80. The molecule has 0 aromatic heterocycles. The summed E-state index contributed by atoms with van der Waals surface area (Å²) in [5.41, 5.74) is 4.98. The summed E-state index contributed by atoms with van der Waals surface area (Å²) in [4.78, 5) is 0. The zero-order valence-electron chi connectivity index (χ0n) is 20.6. The SMILES string of the molecule is CCCCCc1cc(O)c(-c2cc(C)ccc2C(C)C)c(OCCOc2cc(O)cc(O)c2)c1. The quantitative estimate of drug-likeness (QED) is 0.264. The fourth-order valence-corrected chi connectivity index (χ4v) is 4.12. The lowest BCUT2D eigenvalue weighted by Crippen LogP contribution is -2.10. The third-order valence-electron chi connectivity index (χ3n) is 5.80. The molecule has 0 spiro atoms. The van der Waals surface area contributed by atoms with Gasteiger partial charge in [-0.05, 0) is 54.5 Å². The van der Waals surface area contributed by atoms with Gasteiger partial charge in [0.25, 0.3) is 0 Å². The Hall–Kier alpha value is -3.34. The number of ether oxygens (including phenoxy) is 2. The molecule has 3 aromatic carbocycles. The number of hydrogen-bond acceptors (Lipinski definition) is 5. The van der Waals surface area contributed by atoms with Crippen LogP contribution >= 0.6 is 0 Å². The summed E-state index contributed by atoms with van der Waals surface area (Å²) in [5.74, 6) is 1.36. The topological polar surface area (TPSA) is 79.2 Å². The molecular formula is C29H36O5. The van der Waals surface area contributed by atoms with Crippen molar-refractivity contribution in [3.63, 3.8) is 0 Å². The number of hydrogen-bond donors (Lipinski definition) is 3. The molecular weight excluding hydrogens is 428 g/mol. The number of phenols is 3. The van der Waals surface area contributed by atoms with Gasteiger partial charge in [-0.3, -0.25) is 0 Å². The van der Waals surface area contributed by atoms with Crippen LogP contribution in [-0.2, 0) is 6.42 Å². The van der Waals surface area contributed by atoms with Crippen molar-refractivity contribution < 1.29 is 24.8 Å². The van der Waals surface area contributed by atoms with Gasteiger partial charge in [0.05, 0.1) is 5.56 Å². The van der Waals surface area contributed by atoms with Crippen LogP contribution in [0.3, 0.4) is 0 Å². The predicted molar refractivity (Wildman–Crippen MR) is 136 cm³/mol. The van der Waals surface area contributed by atoms with E-state index in [1.54, 1.807) is 0 Å². The van der Waals surface area contributed by atoms with E-state index in [0.29, 0.717) is 17.1 Å². The Labute approximate surface area is 202 Å². The first kappa shape index (κ1) is 25.3. The molecule has 0 aliphatic heterocycles. The molecule has 5 heteroatoms. The average molecular weight is 465 g/mol. The van der Waals surface area contributed by atoms with Crippen LogP contribution in [0.2, 0.25) is 0 Å². The van der Waals surface area contributed by atoms with Gasteiger partial charge in [0.15, 0.2) is 0 Å². The van der Waals surface area contributed by atoms with Crippen LogP contribution < -0.4 is 9.47 Å². The van der Waals surface area contributed by atoms with E-state index >= 15 is 0 Å². The molecule has 182 valence electrons. The maximum Gasteiger partial charge on any atom is 0.131 e. The van der Waals surface area contributed by atoms with Crippen molar-refractivity contribution in [3.8, 4) is 39.9 Å². The number of aromatic hydroxyl groups is 3. The largest absolute Gasteiger partial charge is 0.508 e. The van der Waals surface area contributed by atoms with Crippen LogP contribution in [0.15, 0.2) is 48.5 Å². The lowest BCUT2D eigenvalue weighted by atomic mass is 9.89. The molecule has 5 nitrogen and oxygen atoms in total. The monoisotopic (exact) mass is 464 g/mol. The number of aryl methyl sites for hydroxylation is 2. The minimum absolute atomic E-state index is 0.0661. The van der Waals surface area contributed by atoms with E-state index in [9.17, 15) is 15.3 Å². The molecule has 0 saturated carbocycles. The zero-order valence-corrected chi connectivity index (χ0v) is 20.6. The minimum Gasteiger partial charge on any atom is -0.508 e. The Kier molecular flexibility index (Phi) is 8.69. The first-order valence-electron chi connectivity index (χ1n) is 12.0. The number of unbranched alkanes of at least 4 members (excludes halogenated alkanes) is 2. The van der Waals surface area contributed by atoms with Gasteiger partial charge >= 0.3 is 0 Å². The Morgan fingerprint density at radius 1 is 0.824 bits per heavy atom. The van der Waals surface area contributed by atoms with E-state index < -0.39 is 0 Å². The molecule has 0 heterocycles. The Bertz CT molecular complexity index is 1080. The summed E-state index contributed by atoms with van der Waals surface area (Å²) in [6.07, 6.45) is 4.21. The van der Waals surface area contributed by atoms with Gasteiger partial charge in [-0.15, -0.1) is 0 Å². The third kappa shape index (κ3) is 6.60. The van der Waals surface area contributed by atoms with E-state index in [1.807, 2.05) is 19.1 Å². The molecule has 3 N–H and O–H groups in total. The summed E-state index contributed by atoms with van der Waals surface area (Å²) in [5, 5.41) is 30.4. The molecule has 0 fully saturated rings. The van der Waals surface area contributed by atoms with Crippen molar-refractivity contribution >= 4 is 0 Å². The molecule has 0 bridgehead atoms. The van der Waals surface area contributed by atoms with Gasteiger partial charge in [-0.25, -0.2) is 0 Å². The molecule has 0 aliphatic carbocycles. The van der Waals surface area contributed by atoms with Gasteiger partial charge in [0.2, 0.25) is 0 Å². The summed E-state index contributed by atoms with van der Waals surface area (Å²) in [7, 11) is 0. The highest BCUT2D eigenvalue weighted by Gasteiger charge is 2.19. The fraction of sp³-hybridized carbons (Fsp3) is 0.379. The smallest absolute Gasteiger partial charge is 0.131 e. The van der Waals surface area contributed by atoms with Crippen molar-refractivity contribution in [2.75, 3.05) is 13.2 Å². The standard InChI is InChI=1S/C29H36O5/c1-5-6-7-8-21-14-27(32)29(26-13-20(4)9-10-25(26)19(2)3)28(15-21)34-12-11-33-24-17-22(30)16-23(31)18-24/h9-10,13-19,30-32H,5-8,11-12H2,1-4H3. The van der Waals surface area contributed by atoms with Crippen molar-refractivity contribution in [1.82, 2.24) is 0 Å². The Morgan fingerprint density at radius 2 is 1.53 bits per heavy atom. The van der Waals surface area contributed by atoms with Crippen LogP contribution in [0.5, 0.6) is 28.7 Å². The second-order valence-electron chi connectivity index (χ2n) is 9.07. The first-order chi connectivity index (χ1) is 16.3. The number of phenolic OH excluding ortho intramolecular Hbond substituents is 3. The van der Waals surface area contributed by atoms with Crippen LogP contribution in [0.25, 0.3) is 11.1 Å². The maximum absolute atomic E-state index is 11.1. The molecule has 0 unspecified atom stereocenters. The molecule has 0 atom stereocenters. The van der Waals surface area contributed by atoms with Gasteiger partial charge < -0.3 is 24.8 Å². The van der Waals surface area contributed by atoms with Gasteiger partial charge in [0.1, 0.15) is 42.0 Å². The molecule has 3 rings (SSSR count). The summed E-state index contributed by atoms with van der Waals surface area (Å²) in [6.45, 7) is 8.96. The molecule has 0 aliphatic rings. The first-order valence-corrected chi connectivity index (χ1v) is 12.0. The third-order valence-corrected chi connectivity index (χ3v) is 5.80. The predicted octanol–water partition coefficient (Wildman–Crippen LogP) is 7.09. The van der Waals surface area contributed by atoms with E-state index in [0.717, 1.165) is 47.9 Å². The summed E-state index contributed by atoms with van der Waals surface area (Å²) < 4.78 is 11.8. The number of benzene rings is 3. The normalized spacial score (nSPS) is 11.1. The van der Waals surface area contributed by atoms with Crippen molar-refractivity contribution in [2.24, 2.45) is 0 Å². The molecule has 34 heavy (non-hydrogen) atoms. The maximum atomic E-state index is 11.1. The van der Waals surface area contributed by atoms with Crippen LogP contribution in [0.4, 0.5) is 0 Å².